The molecule has 1 atom stereocenters. The van der Waals surface area contributed by atoms with Gasteiger partial charge in [-0.15, -0.1) is 0 Å². The molecule has 0 saturated carbocycles. The Morgan fingerprint density at radius 1 is 0.826 bits per heavy atom. The molecule has 2 amide bonds. The Bertz CT molecular complexity index is 1680. The molecule has 46 heavy (non-hydrogen) atoms. The highest BCUT2D eigenvalue weighted by molar-refractivity contribution is 7.89. The summed E-state index contributed by atoms with van der Waals surface area (Å²) in [7, 11) is -2.07. The van der Waals surface area contributed by atoms with Crippen molar-refractivity contribution in [1.82, 2.24) is 14.5 Å². The standard InChI is InChI=1S/C35H37N3O7S/c1-43-30-14-12-27(13-15-30)24-36-35(40)34(29-10-6-3-7-11-29)38(25-28-8-4-2-5-9-28)33(39)26-45-31-16-18-32(19-17-31)46(41,42)37-20-22-44-23-21-37/h2-19,34H,20-26H2,1H3,(H,36,40)/t34-/m1/s1. The van der Waals surface area contributed by atoms with Gasteiger partial charge in [-0.25, -0.2) is 8.42 Å². The lowest BCUT2D eigenvalue weighted by atomic mass is 10.0. The van der Waals surface area contributed by atoms with Gasteiger partial charge in [0.2, 0.25) is 15.9 Å². The van der Waals surface area contributed by atoms with Gasteiger partial charge in [-0.2, -0.15) is 4.31 Å². The van der Waals surface area contributed by atoms with Crippen LogP contribution in [0, 0.1) is 0 Å². The van der Waals surface area contributed by atoms with Crippen molar-refractivity contribution in [3.8, 4) is 11.5 Å². The highest BCUT2D eigenvalue weighted by atomic mass is 32.2. The molecule has 1 aliphatic rings. The van der Waals surface area contributed by atoms with Crippen molar-refractivity contribution in [1.29, 1.82) is 0 Å². The Balaban J connectivity index is 1.35. The molecule has 1 saturated heterocycles. The zero-order valence-electron chi connectivity index (χ0n) is 25.6. The number of hydrogen-bond donors (Lipinski definition) is 1. The first-order valence-corrected chi connectivity index (χ1v) is 16.4. The summed E-state index contributed by atoms with van der Waals surface area (Å²) < 4.78 is 43.7. The van der Waals surface area contributed by atoms with E-state index in [0.717, 1.165) is 11.1 Å². The first kappa shape index (κ1) is 32.7. The Morgan fingerprint density at radius 2 is 1.43 bits per heavy atom. The lowest BCUT2D eigenvalue weighted by molar-refractivity contribution is -0.143. The molecule has 0 aliphatic carbocycles. The van der Waals surface area contributed by atoms with E-state index in [4.69, 9.17) is 14.2 Å². The molecule has 1 fully saturated rings. The third kappa shape index (κ3) is 8.30. The summed E-state index contributed by atoms with van der Waals surface area (Å²) in [4.78, 5) is 29.4. The molecule has 4 aromatic carbocycles. The summed E-state index contributed by atoms with van der Waals surface area (Å²) in [6.45, 7) is 1.35. The molecule has 0 spiro atoms. The van der Waals surface area contributed by atoms with Gasteiger partial charge in [-0.05, 0) is 53.1 Å². The maximum atomic E-state index is 13.9. The number of amides is 2. The number of methoxy groups -OCH3 is 1. The van der Waals surface area contributed by atoms with Gasteiger partial charge in [-0.3, -0.25) is 9.59 Å². The van der Waals surface area contributed by atoms with Gasteiger partial charge in [0.1, 0.15) is 17.5 Å². The third-order valence-corrected chi connectivity index (χ3v) is 9.52. The minimum absolute atomic E-state index is 0.136. The van der Waals surface area contributed by atoms with Gasteiger partial charge < -0.3 is 24.4 Å². The topological polar surface area (TPSA) is 114 Å². The van der Waals surface area contributed by atoms with Crippen LogP contribution in [0.1, 0.15) is 22.7 Å². The number of hydrogen-bond acceptors (Lipinski definition) is 7. The molecular formula is C35H37N3O7S. The fraction of sp³-hybridized carbons (Fsp3) is 0.257. The minimum Gasteiger partial charge on any atom is -0.497 e. The van der Waals surface area contributed by atoms with Crippen molar-refractivity contribution in [3.05, 3.63) is 126 Å². The summed E-state index contributed by atoms with van der Waals surface area (Å²) in [5, 5.41) is 2.99. The van der Waals surface area contributed by atoms with Crippen molar-refractivity contribution in [2.24, 2.45) is 0 Å². The van der Waals surface area contributed by atoms with Crippen LogP contribution in [0.2, 0.25) is 0 Å². The van der Waals surface area contributed by atoms with E-state index in [9.17, 15) is 18.0 Å². The number of benzene rings is 4. The molecule has 0 aromatic heterocycles. The molecule has 1 heterocycles. The van der Waals surface area contributed by atoms with E-state index in [0.29, 0.717) is 43.4 Å². The number of ether oxygens (including phenoxy) is 3. The Morgan fingerprint density at radius 3 is 2.07 bits per heavy atom. The SMILES string of the molecule is COc1ccc(CNC(=O)[C@@H](c2ccccc2)N(Cc2ccccc2)C(=O)COc2ccc(S(=O)(=O)N3CCOCC3)cc2)cc1. The Kier molecular flexibility index (Phi) is 11.0. The molecule has 5 rings (SSSR count). The second-order valence-corrected chi connectivity index (χ2v) is 12.6. The van der Waals surface area contributed by atoms with Crippen LogP contribution in [0.25, 0.3) is 0 Å². The predicted molar refractivity (Wildman–Crippen MR) is 173 cm³/mol. The maximum absolute atomic E-state index is 13.9. The van der Waals surface area contributed by atoms with Crippen LogP contribution in [-0.2, 0) is 37.4 Å². The summed E-state index contributed by atoms with van der Waals surface area (Å²) >= 11 is 0. The molecule has 0 bridgehead atoms. The van der Waals surface area contributed by atoms with Crippen LogP contribution >= 0.6 is 0 Å². The van der Waals surface area contributed by atoms with E-state index < -0.39 is 22.0 Å². The van der Waals surface area contributed by atoms with Crippen LogP contribution < -0.4 is 14.8 Å². The number of nitrogens with one attached hydrogen (secondary N) is 1. The molecule has 11 heteroatoms. The Labute approximate surface area is 269 Å². The molecule has 1 N–H and O–H groups in total. The predicted octanol–water partition coefficient (Wildman–Crippen LogP) is 4.18. The minimum atomic E-state index is -3.67. The van der Waals surface area contributed by atoms with Crippen LogP contribution in [0.15, 0.2) is 114 Å². The number of rotatable bonds is 13. The summed E-state index contributed by atoms with van der Waals surface area (Å²) in [6.07, 6.45) is 0. The second kappa shape index (κ2) is 15.5. The van der Waals surface area contributed by atoms with Crippen LogP contribution in [0.3, 0.4) is 0 Å². The van der Waals surface area contributed by atoms with E-state index in [2.05, 4.69) is 5.32 Å². The Hall–Kier alpha value is -4.71. The third-order valence-electron chi connectivity index (χ3n) is 7.61. The summed E-state index contributed by atoms with van der Waals surface area (Å²) in [6, 6.07) is 31.0. The van der Waals surface area contributed by atoms with E-state index >= 15 is 0 Å². The largest absolute Gasteiger partial charge is 0.497 e. The normalized spacial score (nSPS) is 14.2. The second-order valence-electron chi connectivity index (χ2n) is 10.7. The first-order chi connectivity index (χ1) is 22.3. The highest BCUT2D eigenvalue weighted by Gasteiger charge is 2.32. The van der Waals surface area contributed by atoms with E-state index in [1.165, 1.54) is 33.5 Å². The lowest BCUT2D eigenvalue weighted by Gasteiger charge is -2.31. The lowest BCUT2D eigenvalue weighted by Crippen LogP contribution is -2.45. The van der Waals surface area contributed by atoms with Crippen molar-refractivity contribution < 1.29 is 32.2 Å². The fourth-order valence-electron chi connectivity index (χ4n) is 5.11. The number of sulfonamides is 1. The van der Waals surface area contributed by atoms with Crippen molar-refractivity contribution in [2.75, 3.05) is 40.0 Å². The van der Waals surface area contributed by atoms with Crippen LogP contribution in [0.5, 0.6) is 11.5 Å². The average Bonchev–Trinajstić information content (AvgIpc) is 3.11. The smallest absolute Gasteiger partial charge is 0.261 e. The molecule has 1 aliphatic heterocycles. The molecule has 0 radical (unpaired) electrons. The van der Waals surface area contributed by atoms with Crippen molar-refractivity contribution in [3.63, 3.8) is 0 Å². The number of morpholine rings is 1. The summed E-state index contributed by atoms with van der Waals surface area (Å²) in [5.74, 6) is 0.283. The van der Waals surface area contributed by atoms with Crippen molar-refractivity contribution in [2.45, 2.75) is 24.0 Å². The zero-order valence-corrected chi connectivity index (χ0v) is 26.4. The van der Waals surface area contributed by atoms with Gasteiger partial charge >= 0.3 is 0 Å². The van der Waals surface area contributed by atoms with E-state index in [-0.39, 0.29) is 30.5 Å². The van der Waals surface area contributed by atoms with Gasteiger partial charge in [0.25, 0.3) is 5.91 Å². The van der Waals surface area contributed by atoms with Crippen molar-refractivity contribution >= 4 is 21.8 Å². The quantitative estimate of drug-likeness (QED) is 0.233. The van der Waals surface area contributed by atoms with Gasteiger partial charge in [0, 0.05) is 26.2 Å². The van der Waals surface area contributed by atoms with E-state index in [1.807, 2.05) is 84.9 Å². The first-order valence-electron chi connectivity index (χ1n) is 14.9. The maximum Gasteiger partial charge on any atom is 0.261 e. The molecule has 10 nitrogen and oxygen atoms in total. The number of nitrogens with zero attached hydrogens (tertiary/aromatic N) is 2. The average molecular weight is 644 g/mol. The van der Waals surface area contributed by atoms with E-state index in [1.54, 1.807) is 7.11 Å². The zero-order chi connectivity index (χ0) is 32.4. The van der Waals surface area contributed by atoms with Gasteiger partial charge in [-0.1, -0.05) is 72.8 Å². The van der Waals surface area contributed by atoms with Crippen LogP contribution in [0.4, 0.5) is 0 Å². The monoisotopic (exact) mass is 643 g/mol. The fourth-order valence-corrected chi connectivity index (χ4v) is 6.52. The molecule has 4 aromatic rings. The number of carbonyl (C=O) groups is 2. The summed E-state index contributed by atoms with van der Waals surface area (Å²) in [5.41, 5.74) is 2.37. The molecule has 240 valence electrons. The van der Waals surface area contributed by atoms with Gasteiger partial charge in [0.05, 0.1) is 25.2 Å². The molecular weight excluding hydrogens is 606 g/mol. The number of carbonyl (C=O) groups excluding carboxylic acids is 2. The van der Waals surface area contributed by atoms with Crippen LogP contribution in [-0.4, -0.2) is 69.5 Å². The van der Waals surface area contributed by atoms with Gasteiger partial charge in [0.15, 0.2) is 6.61 Å². The highest BCUT2D eigenvalue weighted by Crippen LogP contribution is 2.26. The molecule has 0 unspecified atom stereocenters.